The van der Waals surface area contributed by atoms with Gasteiger partial charge in [0.15, 0.2) is 0 Å². The molecule has 1 atom stereocenters. The van der Waals surface area contributed by atoms with Crippen LogP contribution in [0.3, 0.4) is 0 Å². The minimum atomic E-state index is -0.635. The molecule has 0 aliphatic heterocycles. The number of amides is 3. The van der Waals surface area contributed by atoms with Gasteiger partial charge in [-0.1, -0.05) is 26.7 Å². The van der Waals surface area contributed by atoms with Gasteiger partial charge in [0.2, 0.25) is 17.7 Å². The van der Waals surface area contributed by atoms with Crippen LogP contribution in [0.2, 0.25) is 0 Å². The molecule has 0 aromatic carbocycles. The lowest BCUT2D eigenvalue weighted by Crippen LogP contribution is -2.49. The minimum absolute atomic E-state index is 0.00433. The molecule has 1 saturated carbocycles. The normalized spacial score (nSPS) is 18.3. The first-order valence-electron chi connectivity index (χ1n) is 7.38. The number of nitrogens with two attached hydrogens (primary N) is 2. The summed E-state index contributed by atoms with van der Waals surface area (Å²) in [4.78, 5) is 34.9. The summed E-state index contributed by atoms with van der Waals surface area (Å²) in [5, 5.41) is 5.16. The van der Waals surface area contributed by atoms with Gasteiger partial charge in [-0.2, -0.15) is 0 Å². The summed E-state index contributed by atoms with van der Waals surface area (Å²) >= 11 is 0. The molecule has 7 nitrogen and oxygen atoms in total. The van der Waals surface area contributed by atoms with Crippen LogP contribution in [-0.4, -0.2) is 36.9 Å². The molecular formula is C14H26N4O3. The van der Waals surface area contributed by atoms with Crippen LogP contribution in [0.1, 0.15) is 39.5 Å². The molecular weight excluding hydrogens is 272 g/mol. The summed E-state index contributed by atoms with van der Waals surface area (Å²) in [6.07, 6.45) is 3.29. The van der Waals surface area contributed by atoms with Gasteiger partial charge in [0, 0.05) is 6.54 Å². The Morgan fingerprint density at radius 2 is 1.71 bits per heavy atom. The number of primary amides is 1. The Bertz CT molecular complexity index is 403. The largest absolute Gasteiger partial charge is 0.369 e. The van der Waals surface area contributed by atoms with E-state index in [1.807, 2.05) is 13.8 Å². The van der Waals surface area contributed by atoms with Crippen LogP contribution in [0.4, 0.5) is 0 Å². The lowest BCUT2D eigenvalue weighted by atomic mass is 9.85. The highest BCUT2D eigenvalue weighted by molar-refractivity contribution is 5.88. The molecule has 120 valence electrons. The van der Waals surface area contributed by atoms with E-state index in [4.69, 9.17) is 11.5 Å². The van der Waals surface area contributed by atoms with Crippen molar-refractivity contribution in [3.63, 3.8) is 0 Å². The number of hydrogen-bond acceptors (Lipinski definition) is 4. The molecule has 0 radical (unpaired) electrons. The standard InChI is InChI=1S/C14H26N4O3/c1-9(2)11(15)12(20)17-7-10(19)18-8-14(13(16)21)5-3-4-6-14/h9,11H,3-8,15H2,1-2H3,(H2,16,21)(H,17,20)(H,18,19)/t11-/m0/s1. The van der Waals surface area contributed by atoms with Gasteiger partial charge in [-0.15, -0.1) is 0 Å². The Balaban J connectivity index is 2.37. The van der Waals surface area contributed by atoms with Gasteiger partial charge in [-0.25, -0.2) is 0 Å². The van der Waals surface area contributed by atoms with E-state index >= 15 is 0 Å². The molecule has 0 saturated heterocycles. The van der Waals surface area contributed by atoms with E-state index in [1.165, 1.54) is 0 Å². The second-order valence-electron chi connectivity index (χ2n) is 6.12. The van der Waals surface area contributed by atoms with Crippen LogP contribution in [0.25, 0.3) is 0 Å². The lowest BCUT2D eigenvalue weighted by Gasteiger charge is -2.25. The number of rotatable bonds is 7. The zero-order chi connectivity index (χ0) is 16.0. The predicted octanol–water partition coefficient (Wildman–Crippen LogP) is -0.752. The molecule has 1 aliphatic rings. The third-order valence-electron chi connectivity index (χ3n) is 4.15. The first kappa shape index (κ1) is 17.4. The van der Waals surface area contributed by atoms with Crippen molar-refractivity contribution in [2.75, 3.05) is 13.1 Å². The fourth-order valence-corrected chi connectivity index (χ4v) is 2.48. The molecule has 0 heterocycles. The molecule has 21 heavy (non-hydrogen) atoms. The fraction of sp³-hybridized carbons (Fsp3) is 0.786. The summed E-state index contributed by atoms with van der Waals surface area (Å²) < 4.78 is 0. The van der Waals surface area contributed by atoms with Crippen molar-refractivity contribution in [3.8, 4) is 0 Å². The van der Waals surface area contributed by atoms with Crippen molar-refractivity contribution < 1.29 is 14.4 Å². The van der Waals surface area contributed by atoms with E-state index < -0.39 is 11.5 Å². The van der Waals surface area contributed by atoms with Crippen LogP contribution in [-0.2, 0) is 14.4 Å². The van der Waals surface area contributed by atoms with Crippen LogP contribution in [0, 0.1) is 11.3 Å². The number of carbonyl (C=O) groups is 3. The number of carbonyl (C=O) groups excluding carboxylic acids is 3. The maximum absolute atomic E-state index is 11.7. The van der Waals surface area contributed by atoms with E-state index in [1.54, 1.807) is 0 Å². The highest BCUT2D eigenvalue weighted by Crippen LogP contribution is 2.37. The molecule has 7 heteroatoms. The molecule has 1 rings (SSSR count). The highest BCUT2D eigenvalue weighted by Gasteiger charge is 2.39. The Labute approximate surface area is 125 Å². The minimum Gasteiger partial charge on any atom is -0.369 e. The van der Waals surface area contributed by atoms with Crippen molar-refractivity contribution in [3.05, 3.63) is 0 Å². The molecule has 1 aliphatic carbocycles. The van der Waals surface area contributed by atoms with Gasteiger partial charge in [-0.3, -0.25) is 14.4 Å². The zero-order valence-electron chi connectivity index (χ0n) is 12.8. The van der Waals surface area contributed by atoms with Crippen molar-refractivity contribution in [1.29, 1.82) is 0 Å². The SMILES string of the molecule is CC(C)[C@H](N)C(=O)NCC(=O)NCC1(C(N)=O)CCCC1. The average molecular weight is 298 g/mol. The summed E-state index contributed by atoms with van der Waals surface area (Å²) in [7, 11) is 0. The Morgan fingerprint density at radius 3 is 2.19 bits per heavy atom. The molecule has 0 aromatic rings. The molecule has 1 fully saturated rings. The van der Waals surface area contributed by atoms with Crippen molar-refractivity contribution in [1.82, 2.24) is 10.6 Å². The molecule has 0 unspecified atom stereocenters. The summed E-state index contributed by atoms with van der Waals surface area (Å²) in [5.74, 6) is -1.06. The maximum atomic E-state index is 11.7. The van der Waals surface area contributed by atoms with Crippen LogP contribution < -0.4 is 22.1 Å². The molecule has 0 spiro atoms. The predicted molar refractivity (Wildman–Crippen MR) is 78.9 cm³/mol. The van der Waals surface area contributed by atoms with Crippen LogP contribution in [0.15, 0.2) is 0 Å². The maximum Gasteiger partial charge on any atom is 0.239 e. The average Bonchev–Trinajstić information content (AvgIpc) is 2.91. The first-order chi connectivity index (χ1) is 9.78. The lowest BCUT2D eigenvalue weighted by molar-refractivity contribution is -0.130. The Hall–Kier alpha value is -1.63. The highest BCUT2D eigenvalue weighted by atomic mass is 16.2. The van der Waals surface area contributed by atoms with Gasteiger partial charge < -0.3 is 22.1 Å². The van der Waals surface area contributed by atoms with Gasteiger partial charge in [0.1, 0.15) is 0 Å². The van der Waals surface area contributed by atoms with Crippen molar-refractivity contribution >= 4 is 17.7 Å². The van der Waals surface area contributed by atoms with Gasteiger partial charge in [-0.05, 0) is 18.8 Å². The van der Waals surface area contributed by atoms with Gasteiger partial charge in [0.25, 0.3) is 0 Å². The van der Waals surface area contributed by atoms with E-state index in [0.29, 0.717) is 12.8 Å². The molecule has 6 N–H and O–H groups in total. The van der Waals surface area contributed by atoms with Gasteiger partial charge in [0.05, 0.1) is 18.0 Å². The Morgan fingerprint density at radius 1 is 1.14 bits per heavy atom. The van der Waals surface area contributed by atoms with E-state index in [2.05, 4.69) is 10.6 Å². The van der Waals surface area contributed by atoms with Crippen molar-refractivity contribution in [2.24, 2.45) is 22.8 Å². The number of hydrogen-bond donors (Lipinski definition) is 4. The van der Waals surface area contributed by atoms with Gasteiger partial charge >= 0.3 is 0 Å². The first-order valence-corrected chi connectivity index (χ1v) is 7.38. The fourth-order valence-electron chi connectivity index (χ4n) is 2.48. The zero-order valence-corrected chi connectivity index (χ0v) is 12.8. The topological polar surface area (TPSA) is 127 Å². The molecule has 0 aromatic heterocycles. The second kappa shape index (κ2) is 7.40. The Kier molecular flexibility index (Phi) is 6.14. The quantitative estimate of drug-likeness (QED) is 0.493. The summed E-state index contributed by atoms with van der Waals surface area (Å²) in [5.41, 5.74) is 10.5. The summed E-state index contributed by atoms with van der Waals surface area (Å²) in [6, 6.07) is -0.635. The smallest absolute Gasteiger partial charge is 0.239 e. The number of nitrogens with one attached hydrogen (secondary N) is 2. The molecule has 3 amide bonds. The van der Waals surface area contributed by atoms with E-state index in [9.17, 15) is 14.4 Å². The van der Waals surface area contributed by atoms with E-state index in [-0.39, 0.29) is 36.7 Å². The van der Waals surface area contributed by atoms with Crippen molar-refractivity contribution in [2.45, 2.75) is 45.6 Å². The molecule has 0 bridgehead atoms. The van der Waals surface area contributed by atoms with Crippen LogP contribution >= 0.6 is 0 Å². The second-order valence-corrected chi connectivity index (χ2v) is 6.12. The van der Waals surface area contributed by atoms with Crippen LogP contribution in [0.5, 0.6) is 0 Å². The van der Waals surface area contributed by atoms with E-state index in [0.717, 1.165) is 12.8 Å². The third-order valence-corrected chi connectivity index (χ3v) is 4.15. The summed E-state index contributed by atoms with van der Waals surface area (Å²) in [6.45, 7) is 3.75. The third kappa shape index (κ3) is 4.70. The monoisotopic (exact) mass is 298 g/mol.